The fourth-order valence-electron chi connectivity index (χ4n) is 2.99. The summed E-state index contributed by atoms with van der Waals surface area (Å²) in [5, 5.41) is 13.6. The van der Waals surface area contributed by atoms with E-state index in [0.717, 1.165) is 43.2 Å². The van der Waals surface area contributed by atoms with Gasteiger partial charge < -0.3 is 20.5 Å². The standard InChI is InChI=1S/C22H33N5O2/c1-4-17(5-2)20-15-19(29-27-20)16-26-22(23-6-3)25-14-10-13-24-21(28)18-11-8-7-9-12-18/h7-9,11-12,15,17H,4-6,10,13-14,16H2,1-3H3,(H,24,28)(H2,23,25,26). The fourth-order valence-corrected chi connectivity index (χ4v) is 2.99. The third kappa shape index (κ3) is 7.60. The van der Waals surface area contributed by atoms with Crippen LogP contribution in [0.2, 0.25) is 0 Å². The summed E-state index contributed by atoms with van der Waals surface area (Å²) in [5.41, 5.74) is 1.68. The summed E-state index contributed by atoms with van der Waals surface area (Å²) in [5.74, 6) is 1.88. The van der Waals surface area contributed by atoms with E-state index in [1.807, 2.05) is 43.3 Å². The topological polar surface area (TPSA) is 91.6 Å². The van der Waals surface area contributed by atoms with Gasteiger partial charge >= 0.3 is 0 Å². The first-order valence-corrected chi connectivity index (χ1v) is 10.5. The summed E-state index contributed by atoms with van der Waals surface area (Å²) in [7, 11) is 0. The molecule has 2 rings (SSSR count). The lowest BCUT2D eigenvalue weighted by molar-refractivity contribution is 0.0953. The molecule has 0 unspecified atom stereocenters. The molecule has 0 fully saturated rings. The lowest BCUT2D eigenvalue weighted by Gasteiger charge is -2.11. The van der Waals surface area contributed by atoms with Crippen LogP contribution in [0.1, 0.15) is 67.8 Å². The molecule has 0 saturated carbocycles. The zero-order valence-electron chi connectivity index (χ0n) is 17.7. The Morgan fingerprint density at radius 2 is 1.79 bits per heavy atom. The molecule has 0 spiro atoms. The van der Waals surface area contributed by atoms with Gasteiger partial charge in [0.15, 0.2) is 11.7 Å². The van der Waals surface area contributed by atoms with Gasteiger partial charge in [0.1, 0.15) is 6.54 Å². The first-order valence-electron chi connectivity index (χ1n) is 10.5. The number of nitrogens with one attached hydrogen (secondary N) is 3. The minimum atomic E-state index is -0.0511. The molecule has 158 valence electrons. The maximum atomic E-state index is 12.0. The number of guanidine groups is 1. The van der Waals surface area contributed by atoms with Gasteiger partial charge in [-0.2, -0.15) is 0 Å². The van der Waals surface area contributed by atoms with Crippen molar-refractivity contribution in [2.75, 3.05) is 19.6 Å². The van der Waals surface area contributed by atoms with Crippen LogP contribution in [0.5, 0.6) is 0 Å². The Balaban J connectivity index is 1.75. The zero-order chi connectivity index (χ0) is 20.9. The number of hydrogen-bond acceptors (Lipinski definition) is 4. The highest BCUT2D eigenvalue weighted by atomic mass is 16.5. The molecule has 0 radical (unpaired) electrons. The highest BCUT2D eigenvalue weighted by molar-refractivity contribution is 5.94. The molecule has 0 aliphatic carbocycles. The molecule has 1 heterocycles. The second-order valence-electron chi connectivity index (χ2n) is 6.83. The van der Waals surface area contributed by atoms with Crippen molar-refractivity contribution in [1.82, 2.24) is 21.1 Å². The number of aromatic nitrogens is 1. The van der Waals surface area contributed by atoms with E-state index >= 15 is 0 Å². The lowest BCUT2D eigenvalue weighted by atomic mass is 9.99. The van der Waals surface area contributed by atoms with Crippen LogP contribution < -0.4 is 16.0 Å². The first-order chi connectivity index (χ1) is 14.2. The molecular formula is C22H33N5O2. The van der Waals surface area contributed by atoms with Crippen LogP contribution in [0.15, 0.2) is 45.9 Å². The number of aliphatic imine (C=N–C) groups is 1. The smallest absolute Gasteiger partial charge is 0.251 e. The average Bonchev–Trinajstić information content (AvgIpc) is 3.22. The number of hydrogen-bond donors (Lipinski definition) is 3. The van der Waals surface area contributed by atoms with Crippen LogP contribution in [0.3, 0.4) is 0 Å². The van der Waals surface area contributed by atoms with E-state index < -0.39 is 0 Å². The molecule has 1 aromatic carbocycles. The van der Waals surface area contributed by atoms with E-state index in [1.165, 1.54) is 0 Å². The van der Waals surface area contributed by atoms with E-state index in [-0.39, 0.29) is 5.91 Å². The van der Waals surface area contributed by atoms with Crippen molar-refractivity contribution in [3.63, 3.8) is 0 Å². The van der Waals surface area contributed by atoms with Gasteiger partial charge in [-0.25, -0.2) is 4.99 Å². The van der Waals surface area contributed by atoms with E-state index in [0.29, 0.717) is 31.1 Å². The Morgan fingerprint density at radius 3 is 2.48 bits per heavy atom. The number of benzene rings is 1. The second kappa shape index (κ2) is 12.6. The van der Waals surface area contributed by atoms with Crippen molar-refractivity contribution in [2.45, 2.75) is 52.5 Å². The summed E-state index contributed by atoms with van der Waals surface area (Å²) in [4.78, 5) is 16.6. The van der Waals surface area contributed by atoms with Gasteiger partial charge in [-0.05, 0) is 38.3 Å². The maximum absolute atomic E-state index is 12.0. The summed E-state index contributed by atoms with van der Waals surface area (Å²) >= 11 is 0. The van der Waals surface area contributed by atoms with Gasteiger partial charge in [0.25, 0.3) is 5.91 Å². The molecule has 0 aliphatic heterocycles. The Kier molecular flexibility index (Phi) is 9.75. The third-order valence-electron chi connectivity index (χ3n) is 4.69. The number of rotatable bonds is 11. The molecule has 0 bridgehead atoms. The van der Waals surface area contributed by atoms with Gasteiger partial charge in [0.05, 0.1) is 5.69 Å². The largest absolute Gasteiger partial charge is 0.359 e. The Hall–Kier alpha value is -2.83. The fraction of sp³-hybridized carbons (Fsp3) is 0.500. The molecule has 1 aromatic heterocycles. The quantitative estimate of drug-likeness (QED) is 0.306. The molecule has 7 nitrogen and oxygen atoms in total. The number of carbonyl (C=O) groups excluding carboxylic acids is 1. The summed E-state index contributed by atoms with van der Waals surface area (Å²) < 4.78 is 5.43. The average molecular weight is 400 g/mol. The maximum Gasteiger partial charge on any atom is 0.251 e. The predicted molar refractivity (Wildman–Crippen MR) is 116 cm³/mol. The molecular weight excluding hydrogens is 366 g/mol. The summed E-state index contributed by atoms with van der Waals surface area (Å²) in [6.45, 7) is 8.86. The number of nitrogens with zero attached hydrogens (tertiary/aromatic N) is 2. The predicted octanol–water partition coefficient (Wildman–Crippen LogP) is 3.45. The zero-order valence-corrected chi connectivity index (χ0v) is 17.7. The Bertz CT molecular complexity index is 754. The van der Waals surface area contributed by atoms with Gasteiger partial charge in [0.2, 0.25) is 0 Å². The number of carbonyl (C=O) groups is 1. The SMILES string of the molecule is CCNC(=NCc1cc(C(CC)CC)no1)NCCCNC(=O)c1ccccc1. The van der Waals surface area contributed by atoms with E-state index in [9.17, 15) is 4.79 Å². The molecule has 0 atom stereocenters. The van der Waals surface area contributed by atoms with Crippen molar-refractivity contribution in [3.05, 3.63) is 53.4 Å². The van der Waals surface area contributed by atoms with E-state index in [4.69, 9.17) is 4.52 Å². The Morgan fingerprint density at radius 1 is 1.07 bits per heavy atom. The number of amides is 1. The molecule has 0 saturated heterocycles. The summed E-state index contributed by atoms with van der Waals surface area (Å²) in [6, 6.07) is 11.2. The monoisotopic (exact) mass is 399 g/mol. The molecule has 3 N–H and O–H groups in total. The molecule has 29 heavy (non-hydrogen) atoms. The van der Waals surface area contributed by atoms with Gasteiger partial charge in [0, 0.05) is 37.2 Å². The lowest BCUT2D eigenvalue weighted by Crippen LogP contribution is -2.38. The van der Waals surface area contributed by atoms with Gasteiger partial charge in [-0.1, -0.05) is 37.2 Å². The van der Waals surface area contributed by atoms with Crippen LogP contribution in [0.4, 0.5) is 0 Å². The van der Waals surface area contributed by atoms with Gasteiger partial charge in [-0.15, -0.1) is 0 Å². The van der Waals surface area contributed by atoms with Crippen LogP contribution in [0, 0.1) is 0 Å². The van der Waals surface area contributed by atoms with Crippen LogP contribution in [-0.2, 0) is 6.54 Å². The second-order valence-corrected chi connectivity index (χ2v) is 6.83. The van der Waals surface area contributed by atoms with Crippen molar-refractivity contribution < 1.29 is 9.32 Å². The van der Waals surface area contributed by atoms with Crippen molar-refractivity contribution in [3.8, 4) is 0 Å². The van der Waals surface area contributed by atoms with Crippen LogP contribution in [-0.4, -0.2) is 36.7 Å². The van der Waals surface area contributed by atoms with E-state index in [1.54, 1.807) is 0 Å². The first kappa shape index (κ1) is 22.5. The van der Waals surface area contributed by atoms with Crippen LogP contribution in [0.25, 0.3) is 0 Å². The molecule has 1 amide bonds. The highest BCUT2D eigenvalue weighted by Gasteiger charge is 2.12. The normalized spacial score (nSPS) is 11.5. The molecule has 2 aromatic rings. The van der Waals surface area contributed by atoms with Crippen molar-refractivity contribution >= 4 is 11.9 Å². The third-order valence-corrected chi connectivity index (χ3v) is 4.69. The summed E-state index contributed by atoms with van der Waals surface area (Å²) in [6.07, 6.45) is 2.90. The highest BCUT2D eigenvalue weighted by Crippen LogP contribution is 2.22. The minimum Gasteiger partial charge on any atom is -0.359 e. The minimum absolute atomic E-state index is 0.0511. The molecule has 0 aliphatic rings. The van der Waals surface area contributed by atoms with Gasteiger partial charge in [-0.3, -0.25) is 4.79 Å². The van der Waals surface area contributed by atoms with E-state index in [2.05, 4.69) is 39.9 Å². The molecule has 7 heteroatoms. The van der Waals surface area contributed by atoms with Crippen LogP contribution >= 0.6 is 0 Å². The van der Waals surface area contributed by atoms with Crippen molar-refractivity contribution in [2.24, 2.45) is 4.99 Å². The Labute approximate surface area is 173 Å². The van der Waals surface area contributed by atoms with Crippen molar-refractivity contribution in [1.29, 1.82) is 0 Å².